The van der Waals surface area contributed by atoms with Crippen LogP contribution in [0, 0.1) is 13.8 Å². The van der Waals surface area contributed by atoms with Crippen LogP contribution in [0.4, 0.5) is 0 Å². The molecular weight excluding hydrogens is 180 g/mol. The molecule has 0 fully saturated rings. The predicted octanol–water partition coefficient (Wildman–Crippen LogP) is 4.58. The maximum absolute atomic E-state index is 2.30. The van der Waals surface area contributed by atoms with E-state index >= 15 is 0 Å². The lowest BCUT2D eigenvalue weighted by Crippen LogP contribution is -1.91. The van der Waals surface area contributed by atoms with Gasteiger partial charge in [-0.3, -0.25) is 0 Å². The maximum atomic E-state index is 2.30. The Labute approximate surface area is 91.9 Å². The van der Waals surface area contributed by atoms with Gasteiger partial charge in [-0.2, -0.15) is 0 Å². The molecule has 0 unspecified atom stereocenters. The highest BCUT2D eigenvalue weighted by atomic mass is 14.1. The summed E-state index contributed by atoms with van der Waals surface area (Å²) in [7, 11) is 0. The highest BCUT2D eigenvalue weighted by molar-refractivity contribution is 5.89. The van der Waals surface area contributed by atoms with E-state index in [-0.39, 0.29) is 0 Å². The van der Waals surface area contributed by atoms with Crippen molar-refractivity contribution in [2.24, 2.45) is 0 Å². The van der Waals surface area contributed by atoms with Crippen LogP contribution in [0.2, 0.25) is 0 Å². The summed E-state index contributed by atoms with van der Waals surface area (Å²) in [5.74, 6) is 0.592. The molecule has 0 radical (unpaired) electrons. The number of hydrogen-bond acceptors (Lipinski definition) is 0. The zero-order chi connectivity index (χ0) is 11.0. The molecule has 0 aliphatic carbocycles. The van der Waals surface area contributed by atoms with Crippen LogP contribution in [-0.2, 0) is 0 Å². The molecule has 15 heavy (non-hydrogen) atoms. The van der Waals surface area contributed by atoms with Gasteiger partial charge < -0.3 is 0 Å². The van der Waals surface area contributed by atoms with Gasteiger partial charge in [0.25, 0.3) is 0 Å². The standard InChI is InChI=1S/C15H18/c1-10(2)13-6-5-7-14-12(4)8-11(3)9-15(13)14/h5-10H,1-4H3. The van der Waals surface area contributed by atoms with Crippen molar-refractivity contribution in [1.82, 2.24) is 0 Å². The Balaban J connectivity index is 2.85. The number of benzene rings is 2. The summed E-state index contributed by atoms with van der Waals surface area (Å²) in [6.45, 7) is 8.88. The fourth-order valence-corrected chi connectivity index (χ4v) is 2.28. The molecule has 2 rings (SSSR count). The highest BCUT2D eigenvalue weighted by Gasteiger charge is 2.06. The first-order valence-electron chi connectivity index (χ1n) is 5.59. The van der Waals surface area contributed by atoms with E-state index in [2.05, 4.69) is 58.0 Å². The van der Waals surface area contributed by atoms with Crippen LogP contribution < -0.4 is 0 Å². The summed E-state index contributed by atoms with van der Waals surface area (Å²) in [5.41, 5.74) is 4.19. The van der Waals surface area contributed by atoms with Crippen LogP contribution in [0.25, 0.3) is 10.8 Å². The van der Waals surface area contributed by atoms with Crippen molar-refractivity contribution >= 4 is 10.8 Å². The van der Waals surface area contributed by atoms with E-state index in [1.54, 1.807) is 0 Å². The highest BCUT2D eigenvalue weighted by Crippen LogP contribution is 2.28. The van der Waals surface area contributed by atoms with Crippen molar-refractivity contribution < 1.29 is 0 Å². The van der Waals surface area contributed by atoms with Crippen LogP contribution in [0.1, 0.15) is 36.5 Å². The molecule has 0 heterocycles. The van der Waals surface area contributed by atoms with Gasteiger partial charge in [-0.15, -0.1) is 0 Å². The van der Waals surface area contributed by atoms with E-state index in [0.29, 0.717) is 5.92 Å². The molecule has 0 aliphatic rings. The first-order valence-corrected chi connectivity index (χ1v) is 5.59. The number of rotatable bonds is 1. The van der Waals surface area contributed by atoms with Gasteiger partial charge in [0.2, 0.25) is 0 Å². The number of aryl methyl sites for hydroxylation is 2. The second kappa shape index (κ2) is 3.69. The van der Waals surface area contributed by atoms with Crippen LogP contribution in [0.3, 0.4) is 0 Å². The molecule has 0 bridgehead atoms. The Morgan fingerprint density at radius 3 is 2.33 bits per heavy atom. The average molecular weight is 198 g/mol. The molecule has 0 aromatic heterocycles. The fraction of sp³-hybridized carbons (Fsp3) is 0.333. The Morgan fingerprint density at radius 1 is 0.933 bits per heavy atom. The summed E-state index contributed by atoms with van der Waals surface area (Å²) in [5, 5.41) is 2.82. The van der Waals surface area contributed by atoms with Crippen molar-refractivity contribution in [1.29, 1.82) is 0 Å². The van der Waals surface area contributed by atoms with Crippen LogP contribution in [-0.4, -0.2) is 0 Å². The van der Waals surface area contributed by atoms with E-state index in [0.717, 1.165) is 0 Å². The Kier molecular flexibility index (Phi) is 2.52. The van der Waals surface area contributed by atoms with Crippen LogP contribution in [0.15, 0.2) is 30.3 Å². The first kappa shape index (κ1) is 10.2. The smallest absolute Gasteiger partial charge is 0.0144 e. The monoisotopic (exact) mass is 198 g/mol. The van der Waals surface area contributed by atoms with E-state index in [4.69, 9.17) is 0 Å². The van der Waals surface area contributed by atoms with Gasteiger partial charge in [0, 0.05) is 0 Å². The Hall–Kier alpha value is -1.30. The minimum atomic E-state index is 0.592. The van der Waals surface area contributed by atoms with E-state index in [9.17, 15) is 0 Å². The van der Waals surface area contributed by atoms with Gasteiger partial charge in [-0.25, -0.2) is 0 Å². The van der Waals surface area contributed by atoms with Gasteiger partial charge in [0.1, 0.15) is 0 Å². The molecular formula is C15H18. The molecule has 0 spiro atoms. The summed E-state index contributed by atoms with van der Waals surface area (Å²) in [6.07, 6.45) is 0. The third kappa shape index (κ3) is 1.77. The van der Waals surface area contributed by atoms with Crippen molar-refractivity contribution in [3.8, 4) is 0 Å². The lowest BCUT2D eigenvalue weighted by molar-refractivity contribution is 0.876. The minimum Gasteiger partial charge on any atom is -0.0613 e. The van der Waals surface area contributed by atoms with E-state index in [1.165, 1.54) is 27.5 Å². The fourth-order valence-electron chi connectivity index (χ4n) is 2.28. The van der Waals surface area contributed by atoms with E-state index in [1.807, 2.05) is 0 Å². The lowest BCUT2D eigenvalue weighted by Gasteiger charge is -2.12. The lowest BCUT2D eigenvalue weighted by atomic mass is 9.93. The minimum absolute atomic E-state index is 0.592. The van der Waals surface area contributed by atoms with Gasteiger partial charge >= 0.3 is 0 Å². The molecule has 0 aliphatic heterocycles. The topological polar surface area (TPSA) is 0 Å². The van der Waals surface area contributed by atoms with E-state index < -0.39 is 0 Å². The largest absolute Gasteiger partial charge is 0.0613 e. The van der Waals surface area contributed by atoms with Crippen molar-refractivity contribution in [3.63, 3.8) is 0 Å². The summed E-state index contributed by atoms with van der Waals surface area (Å²) in [6, 6.07) is 11.2. The molecule has 0 saturated carbocycles. The number of hydrogen-bond donors (Lipinski definition) is 0. The van der Waals surface area contributed by atoms with Crippen molar-refractivity contribution in [2.75, 3.05) is 0 Å². The van der Waals surface area contributed by atoms with Gasteiger partial charge in [-0.1, -0.05) is 49.7 Å². The molecule has 2 aromatic rings. The maximum Gasteiger partial charge on any atom is -0.0144 e. The predicted molar refractivity (Wildman–Crippen MR) is 67.5 cm³/mol. The molecule has 0 N–H and O–H groups in total. The normalized spacial score (nSPS) is 11.3. The molecule has 0 nitrogen and oxygen atoms in total. The molecule has 0 heteroatoms. The summed E-state index contributed by atoms with van der Waals surface area (Å²) < 4.78 is 0. The van der Waals surface area contributed by atoms with Crippen molar-refractivity contribution in [3.05, 3.63) is 47.0 Å². The zero-order valence-electron chi connectivity index (χ0n) is 9.96. The SMILES string of the molecule is Cc1cc(C)c2cccc(C(C)C)c2c1. The summed E-state index contributed by atoms with van der Waals surface area (Å²) in [4.78, 5) is 0. The number of fused-ring (bicyclic) bond motifs is 1. The molecule has 0 atom stereocenters. The quantitative estimate of drug-likeness (QED) is 0.629. The second-order valence-electron chi connectivity index (χ2n) is 4.68. The second-order valence-corrected chi connectivity index (χ2v) is 4.68. The van der Waals surface area contributed by atoms with Crippen LogP contribution >= 0.6 is 0 Å². The van der Waals surface area contributed by atoms with Crippen molar-refractivity contribution in [2.45, 2.75) is 33.6 Å². The van der Waals surface area contributed by atoms with Gasteiger partial charge in [-0.05, 0) is 41.7 Å². The Morgan fingerprint density at radius 2 is 1.67 bits per heavy atom. The summed E-state index contributed by atoms with van der Waals surface area (Å²) >= 11 is 0. The van der Waals surface area contributed by atoms with Gasteiger partial charge in [0.15, 0.2) is 0 Å². The molecule has 2 aromatic carbocycles. The molecule has 78 valence electrons. The zero-order valence-corrected chi connectivity index (χ0v) is 9.96. The first-order chi connectivity index (χ1) is 7.09. The third-order valence-corrected chi connectivity index (χ3v) is 3.00. The van der Waals surface area contributed by atoms with Crippen LogP contribution in [0.5, 0.6) is 0 Å². The average Bonchev–Trinajstić information content (AvgIpc) is 2.16. The third-order valence-electron chi connectivity index (χ3n) is 3.00. The molecule has 0 saturated heterocycles. The van der Waals surface area contributed by atoms with Gasteiger partial charge in [0.05, 0.1) is 0 Å². The molecule has 0 amide bonds. The Bertz CT molecular complexity index is 493.